The van der Waals surface area contributed by atoms with E-state index in [0.29, 0.717) is 19.3 Å². The first-order valence-corrected chi connectivity index (χ1v) is 28.5. The molecule has 0 radical (unpaired) electrons. The zero-order chi connectivity index (χ0) is 50.7. The topological polar surface area (TPSA) is 78.9 Å². The second-order valence-electron chi connectivity index (χ2n) is 18.4. The van der Waals surface area contributed by atoms with Crippen LogP contribution in [0.25, 0.3) is 0 Å². The minimum atomic E-state index is -0.802. The van der Waals surface area contributed by atoms with E-state index in [9.17, 15) is 14.4 Å². The average Bonchev–Trinajstić information content (AvgIpc) is 3.36. The van der Waals surface area contributed by atoms with E-state index < -0.39 is 6.10 Å². The summed E-state index contributed by atoms with van der Waals surface area (Å²) in [5.41, 5.74) is 0. The molecular weight excluding hydrogens is 865 g/mol. The zero-order valence-electron chi connectivity index (χ0n) is 45.2. The van der Waals surface area contributed by atoms with Crippen molar-refractivity contribution >= 4 is 17.9 Å². The van der Waals surface area contributed by atoms with Crippen LogP contribution in [0.1, 0.15) is 245 Å². The number of hydrogen-bond acceptors (Lipinski definition) is 6. The molecule has 70 heavy (non-hydrogen) atoms. The third kappa shape index (κ3) is 54.7. The van der Waals surface area contributed by atoms with E-state index in [0.717, 1.165) is 161 Å². The molecular formula is C64H104O6. The molecule has 0 aliphatic heterocycles. The minimum Gasteiger partial charge on any atom is -0.462 e. The Bertz CT molecular complexity index is 1490. The second kappa shape index (κ2) is 57.4. The van der Waals surface area contributed by atoms with E-state index in [2.05, 4.69) is 142 Å². The predicted octanol–water partition coefficient (Wildman–Crippen LogP) is 19.3. The molecule has 0 aliphatic rings. The molecule has 6 nitrogen and oxygen atoms in total. The van der Waals surface area contributed by atoms with Gasteiger partial charge in [0.2, 0.25) is 0 Å². The fourth-order valence-electron chi connectivity index (χ4n) is 7.44. The lowest BCUT2D eigenvalue weighted by molar-refractivity contribution is -0.167. The molecule has 0 aromatic carbocycles. The molecule has 0 saturated carbocycles. The van der Waals surface area contributed by atoms with Crippen LogP contribution < -0.4 is 0 Å². The summed E-state index contributed by atoms with van der Waals surface area (Å²) in [6.07, 6.45) is 79.0. The molecule has 0 fully saturated rings. The lowest BCUT2D eigenvalue weighted by Crippen LogP contribution is -2.30. The molecule has 0 rings (SSSR count). The van der Waals surface area contributed by atoms with Gasteiger partial charge in [0.25, 0.3) is 0 Å². The fourth-order valence-corrected chi connectivity index (χ4v) is 7.44. The van der Waals surface area contributed by atoms with E-state index in [1.165, 1.54) is 44.9 Å². The largest absolute Gasteiger partial charge is 0.462 e. The van der Waals surface area contributed by atoms with E-state index in [4.69, 9.17) is 14.2 Å². The van der Waals surface area contributed by atoms with Gasteiger partial charge in [0.15, 0.2) is 6.10 Å². The maximum Gasteiger partial charge on any atom is 0.306 e. The number of allylic oxidation sites excluding steroid dienone is 20. The fraction of sp³-hybridized carbons (Fsp3) is 0.641. The molecule has 0 N–H and O–H groups in total. The van der Waals surface area contributed by atoms with Crippen molar-refractivity contribution in [3.63, 3.8) is 0 Å². The van der Waals surface area contributed by atoms with Crippen molar-refractivity contribution in [2.45, 2.75) is 252 Å². The average molecular weight is 970 g/mol. The van der Waals surface area contributed by atoms with Crippen LogP contribution in [0.15, 0.2) is 122 Å². The molecule has 0 amide bonds. The first kappa shape index (κ1) is 65.8. The Kier molecular flexibility index (Phi) is 54.0. The Hall–Kier alpha value is -4.19. The van der Waals surface area contributed by atoms with Crippen molar-refractivity contribution in [1.82, 2.24) is 0 Å². The lowest BCUT2D eigenvalue weighted by Gasteiger charge is -2.18. The summed E-state index contributed by atoms with van der Waals surface area (Å²) in [7, 11) is 0. The monoisotopic (exact) mass is 969 g/mol. The van der Waals surface area contributed by atoms with Crippen LogP contribution in [0.3, 0.4) is 0 Å². The van der Waals surface area contributed by atoms with Gasteiger partial charge in [0.05, 0.1) is 0 Å². The molecule has 0 aromatic rings. The molecule has 0 aliphatic carbocycles. The van der Waals surface area contributed by atoms with E-state index in [-0.39, 0.29) is 31.1 Å². The van der Waals surface area contributed by atoms with Gasteiger partial charge in [-0.05, 0) is 122 Å². The van der Waals surface area contributed by atoms with Crippen LogP contribution in [0.2, 0.25) is 0 Å². The Morgan fingerprint density at radius 2 is 0.557 bits per heavy atom. The number of ether oxygens (including phenoxy) is 3. The van der Waals surface area contributed by atoms with Crippen LogP contribution >= 0.6 is 0 Å². The Balaban J connectivity index is 4.42. The van der Waals surface area contributed by atoms with Crippen molar-refractivity contribution < 1.29 is 28.6 Å². The normalized spacial score (nSPS) is 13.0. The summed E-state index contributed by atoms with van der Waals surface area (Å²) in [4.78, 5) is 38.1. The van der Waals surface area contributed by atoms with E-state index >= 15 is 0 Å². The van der Waals surface area contributed by atoms with E-state index in [1.54, 1.807) is 0 Å². The summed E-state index contributed by atoms with van der Waals surface area (Å²) in [6, 6.07) is 0. The van der Waals surface area contributed by atoms with Crippen LogP contribution in [-0.2, 0) is 28.6 Å². The molecule has 6 heteroatoms. The smallest absolute Gasteiger partial charge is 0.306 e. The molecule has 1 unspecified atom stereocenters. The van der Waals surface area contributed by atoms with E-state index in [1.807, 2.05) is 0 Å². The van der Waals surface area contributed by atoms with Crippen LogP contribution in [0.4, 0.5) is 0 Å². The summed E-state index contributed by atoms with van der Waals surface area (Å²) in [6.45, 7) is 6.33. The predicted molar refractivity (Wildman–Crippen MR) is 302 cm³/mol. The number of hydrogen-bond donors (Lipinski definition) is 0. The first-order chi connectivity index (χ1) is 34.5. The molecule has 0 bridgehead atoms. The van der Waals surface area contributed by atoms with Gasteiger partial charge in [-0.2, -0.15) is 0 Å². The van der Waals surface area contributed by atoms with Gasteiger partial charge < -0.3 is 14.2 Å². The first-order valence-electron chi connectivity index (χ1n) is 28.5. The minimum absolute atomic E-state index is 0.0987. The van der Waals surface area contributed by atoms with Gasteiger partial charge in [-0.25, -0.2) is 0 Å². The zero-order valence-corrected chi connectivity index (χ0v) is 45.2. The quantitative estimate of drug-likeness (QED) is 0.0262. The molecule has 0 heterocycles. The van der Waals surface area contributed by atoms with Crippen molar-refractivity contribution in [2.75, 3.05) is 13.2 Å². The van der Waals surface area contributed by atoms with Crippen molar-refractivity contribution in [1.29, 1.82) is 0 Å². The highest BCUT2D eigenvalue weighted by atomic mass is 16.6. The van der Waals surface area contributed by atoms with Crippen molar-refractivity contribution in [2.24, 2.45) is 0 Å². The van der Waals surface area contributed by atoms with Gasteiger partial charge in [0.1, 0.15) is 13.2 Å². The highest BCUT2D eigenvalue weighted by Crippen LogP contribution is 2.14. The van der Waals surface area contributed by atoms with Gasteiger partial charge >= 0.3 is 17.9 Å². The highest BCUT2D eigenvalue weighted by molar-refractivity contribution is 5.71. The number of unbranched alkanes of at least 4 members (excludes halogenated alkanes) is 19. The van der Waals surface area contributed by atoms with Crippen LogP contribution in [-0.4, -0.2) is 37.2 Å². The van der Waals surface area contributed by atoms with Crippen LogP contribution in [0.5, 0.6) is 0 Å². The van der Waals surface area contributed by atoms with Gasteiger partial charge in [-0.3, -0.25) is 14.4 Å². The standard InChI is InChI=1S/C64H104O6/c1-4-7-10-13-16-19-22-25-28-29-30-31-32-33-34-35-37-39-42-45-48-51-54-57-63(66)69-60-61(59-68-62(65)56-53-50-47-44-41-38-27-24-21-18-15-12-9-6-3)70-64(67)58-55-52-49-46-43-40-36-26-23-20-17-14-11-8-5-2/h7-8,10-11,15-20,24-28,30-31,33-34,36,61H,4-6,9,12-14,21-23,29,32,35,37-60H2,1-3H3/b10-7-,11-8-,18-15-,19-16-,20-17-,27-24-,28-25-,31-30-,34-33-,36-26-. The van der Waals surface area contributed by atoms with Gasteiger partial charge in [0, 0.05) is 19.3 Å². The highest BCUT2D eigenvalue weighted by Gasteiger charge is 2.19. The summed E-state index contributed by atoms with van der Waals surface area (Å²) < 4.78 is 16.8. The molecule has 1 atom stereocenters. The Labute approximate surface area is 431 Å². The van der Waals surface area contributed by atoms with Gasteiger partial charge in [-0.15, -0.1) is 0 Å². The Morgan fingerprint density at radius 3 is 0.871 bits per heavy atom. The Morgan fingerprint density at radius 1 is 0.300 bits per heavy atom. The number of carbonyl (C=O) groups excluding carboxylic acids is 3. The lowest BCUT2D eigenvalue weighted by atomic mass is 10.1. The summed E-state index contributed by atoms with van der Waals surface area (Å²) >= 11 is 0. The molecule has 396 valence electrons. The maximum absolute atomic E-state index is 12.8. The third-order valence-electron chi connectivity index (χ3n) is 11.7. The maximum atomic E-state index is 12.8. The molecule has 0 saturated heterocycles. The SMILES string of the molecule is CC/C=C\C/C=C\C/C=C\C/C=C\C/C=C\CCCCCCCCCC(=O)OCC(COC(=O)CCCCCCC/C=C\C/C=C\CCCC)OC(=O)CCCCCCC/C=C\C/C=C\C/C=C\CC. The van der Waals surface area contributed by atoms with Crippen LogP contribution in [0, 0.1) is 0 Å². The third-order valence-corrected chi connectivity index (χ3v) is 11.7. The second-order valence-corrected chi connectivity index (χ2v) is 18.4. The molecule has 0 spiro atoms. The number of carbonyl (C=O) groups is 3. The van der Waals surface area contributed by atoms with Gasteiger partial charge in [-0.1, -0.05) is 226 Å². The summed E-state index contributed by atoms with van der Waals surface area (Å²) in [5, 5.41) is 0. The number of esters is 3. The van der Waals surface area contributed by atoms with Crippen molar-refractivity contribution in [3.05, 3.63) is 122 Å². The van der Waals surface area contributed by atoms with Crippen molar-refractivity contribution in [3.8, 4) is 0 Å². The number of rotatable bonds is 50. The summed E-state index contributed by atoms with van der Waals surface area (Å²) in [5.74, 6) is -0.942. The molecule has 0 aromatic heterocycles.